The highest BCUT2D eigenvalue weighted by molar-refractivity contribution is 7.13. The molecule has 1 heterocycles. The molecule has 0 atom stereocenters. The van der Waals surface area contributed by atoms with Gasteiger partial charge in [0, 0.05) is 27.8 Å². The van der Waals surface area contributed by atoms with E-state index in [2.05, 4.69) is 24.4 Å². The van der Waals surface area contributed by atoms with Crippen molar-refractivity contribution in [2.45, 2.75) is 6.92 Å². The summed E-state index contributed by atoms with van der Waals surface area (Å²) in [5.74, 6) is -0.641. The predicted octanol–water partition coefficient (Wildman–Crippen LogP) is 6.18. The van der Waals surface area contributed by atoms with Gasteiger partial charge in [0.05, 0.1) is 5.69 Å². The first-order valence-electron chi connectivity index (χ1n) is 8.79. The van der Waals surface area contributed by atoms with Crippen LogP contribution in [0.25, 0.3) is 21.8 Å². The number of benzene rings is 3. The van der Waals surface area contributed by atoms with Gasteiger partial charge in [0.2, 0.25) is 0 Å². The topological polar surface area (TPSA) is 42.0 Å². The van der Waals surface area contributed by atoms with Crippen molar-refractivity contribution in [1.29, 1.82) is 0 Å². The van der Waals surface area contributed by atoms with Crippen LogP contribution in [0.15, 0.2) is 78.2 Å². The zero-order valence-corrected chi connectivity index (χ0v) is 16.0. The zero-order chi connectivity index (χ0) is 19.5. The Labute approximate surface area is 166 Å². The number of rotatable bonds is 4. The lowest BCUT2D eigenvalue weighted by Gasteiger charge is -2.06. The Bertz CT molecular complexity index is 1120. The Morgan fingerprint density at radius 3 is 2.39 bits per heavy atom. The number of thiazole rings is 1. The van der Waals surface area contributed by atoms with Crippen LogP contribution in [-0.2, 0) is 0 Å². The molecule has 1 aromatic heterocycles. The molecule has 0 saturated heterocycles. The quantitative estimate of drug-likeness (QED) is 0.454. The number of hydrogen-bond acceptors (Lipinski definition) is 3. The van der Waals surface area contributed by atoms with Gasteiger partial charge in [-0.15, -0.1) is 11.3 Å². The summed E-state index contributed by atoms with van der Waals surface area (Å²) in [7, 11) is 0. The second-order valence-electron chi connectivity index (χ2n) is 6.39. The van der Waals surface area contributed by atoms with Gasteiger partial charge in [-0.05, 0) is 48.9 Å². The second-order valence-corrected chi connectivity index (χ2v) is 7.25. The van der Waals surface area contributed by atoms with Crippen molar-refractivity contribution in [2.75, 3.05) is 5.32 Å². The number of hydrogen-bond donors (Lipinski definition) is 1. The van der Waals surface area contributed by atoms with E-state index in [0.29, 0.717) is 11.3 Å². The average molecular weight is 388 g/mol. The number of aryl methyl sites for hydroxylation is 1. The molecular weight excluding hydrogens is 371 g/mol. The number of carbonyl (C=O) groups excluding carboxylic acids is 1. The van der Waals surface area contributed by atoms with E-state index in [1.54, 1.807) is 11.3 Å². The fourth-order valence-corrected chi connectivity index (χ4v) is 3.79. The summed E-state index contributed by atoms with van der Waals surface area (Å²) in [6.45, 7) is 2.08. The van der Waals surface area contributed by atoms with Gasteiger partial charge in [-0.1, -0.05) is 36.4 Å². The Kier molecular flexibility index (Phi) is 5.00. The highest BCUT2D eigenvalue weighted by Gasteiger charge is 2.10. The number of carbonyl (C=O) groups is 1. The molecule has 0 aliphatic rings. The van der Waals surface area contributed by atoms with E-state index in [1.807, 2.05) is 41.8 Å². The fourth-order valence-electron chi connectivity index (χ4n) is 2.87. The third-order valence-corrected chi connectivity index (χ3v) is 5.30. The molecule has 0 radical (unpaired) electrons. The van der Waals surface area contributed by atoms with E-state index in [9.17, 15) is 9.18 Å². The van der Waals surface area contributed by atoms with Gasteiger partial charge in [-0.25, -0.2) is 9.37 Å². The van der Waals surface area contributed by atoms with Crippen LogP contribution in [-0.4, -0.2) is 10.9 Å². The molecule has 3 aromatic carbocycles. The maximum absolute atomic E-state index is 13.0. The van der Waals surface area contributed by atoms with E-state index in [-0.39, 0.29) is 11.7 Å². The van der Waals surface area contributed by atoms with Crippen molar-refractivity contribution in [2.24, 2.45) is 0 Å². The molecule has 0 spiro atoms. The van der Waals surface area contributed by atoms with Crippen LogP contribution < -0.4 is 5.32 Å². The van der Waals surface area contributed by atoms with E-state index in [0.717, 1.165) is 21.8 Å². The maximum Gasteiger partial charge on any atom is 0.255 e. The minimum Gasteiger partial charge on any atom is -0.322 e. The predicted molar refractivity (Wildman–Crippen MR) is 112 cm³/mol. The van der Waals surface area contributed by atoms with Crippen LogP contribution in [0.5, 0.6) is 0 Å². The normalized spacial score (nSPS) is 10.6. The molecular formula is C23H17FN2OS. The van der Waals surface area contributed by atoms with E-state index in [4.69, 9.17) is 4.98 Å². The number of aromatic nitrogens is 1. The lowest BCUT2D eigenvalue weighted by molar-refractivity contribution is 0.102. The molecule has 4 rings (SSSR count). The third-order valence-electron chi connectivity index (χ3n) is 4.42. The molecule has 1 N–H and O–H groups in total. The van der Waals surface area contributed by atoms with Crippen molar-refractivity contribution >= 4 is 22.9 Å². The molecule has 138 valence electrons. The summed E-state index contributed by atoms with van der Waals surface area (Å²) in [5.41, 5.74) is 5.31. The second kappa shape index (κ2) is 7.74. The van der Waals surface area contributed by atoms with Crippen molar-refractivity contribution in [3.63, 3.8) is 0 Å². The van der Waals surface area contributed by atoms with E-state index in [1.165, 1.54) is 29.8 Å². The van der Waals surface area contributed by atoms with Gasteiger partial charge in [-0.2, -0.15) is 0 Å². The molecule has 1 amide bonds. The summed E-state index contributed by atoms with van der Waals surface area (Å²) in [5, 5.41) is 5.84. The van der Waals surface area contributed by atoms with Gasteiger partial charge in [0.25, 0.3) is 5.91 Å². The maximum atomic E-state index is 13.0. The Morgan fingerprint density at radius 1 is 0.964 bits per heavy atom. The molecule has 0 unspecified atom stereocenters. The number of nitrogens with zero attached hydrogens (tertiary/aromatic N) is 1. The number of anilines is 1. The Balaban J connectivity index is 1.50. The molecule has 28 heavy (non-hydrogen) atoms. The molecule has 3 nitrogen and oxygen atoms in total. The van der Waals surface area contributed by atoms with Crippen LogP contribution in [0.3, 0.4) is 0 Å². The number of halogens is 1. The largest absolute Gasteiger partial charge is 0.322 e. The highest BCUT2D eigenvalue weighted by Crippen LogP contribution is 2.31. The van der Waals surface area contributed by atoms with Crippen LogP contribution >= 0.6 is 11.3 Å². The molecule has 0 aliphatic heterocycles. The number of amides is 1. The van der Waals surface area contributed by atoms with Crippen LogP contribution in [0, 0.1) is 12.7 Å². The van der Waals surface area contributed by atoms with Gasteiger partial charge in [-0.3, -0.25) is 4.79 Å². The fraction of sp³-hybridized carbons (Fsp3) is 0.0435. The SMILES string of the molecule is Cc1ccccc1-c1nc(-c2ccc(NC(=O)c3ccc(F)cc3)cc2)cs1. The van der Waals surface area contributed by atoms with Crippen molar-refractivity contribution in [3.05, 3.63) is 95.1 Å². The zero-order valence-electron chi connectivity index (χ0n) is 15.1. The summed E-state index contributed by atoms with van der Waals surface area (Å²) in [4.78, 5) is 17.0. The minimum atomic E-state index is -0.366. The van der Waals surface area contributed by atoms with E-state index < -0.39 is 0 Å². The summed E-state index contributed by atoms with van der Waals surface area (Å²) >= 11 is 1.61. The minimum absolute atomic E-state index is 0.275. The molecule has 4 aromatic rings. The average Bonchev–Trinajstić information content (AvgIpc) is 3.19. The molecule has 0 aliphatic carbocycles. The summed E-state index contributed by atoms with van der Waals surface area (Å²) in [6.07, 6.45) is 0. The van der Waals surface area contributed by atoms with Crippen molar-refractivity contribution in [1.82, 2.24) is 4.98 Å². The Hall–Kier alpha value is -3.31. The van der Waals surface area contributed by atoms with Crippen molar-refractivity contribution < 1.29 is 9.18 Å². The first-order chi connectivity index (χ1) is 13.6. The van der Waals surface area contributed by atoms with Gasteiger partial charge in [0.1, 0.15) is 10.8 Å². The number of nitrogens with one attached hydrogen (secondary N) is 1. The third kappa shape index (κ3) is 3.85. The Morgan fingerprint density at radius 2 is 1.68 bits per heavy atom. The van der Waals surface area contributed by atoms with Crippen LogP contribution in [0.1, 0.15) is 15.9 Å². The molecule has 5 heteroatoms. The van der Waals surface area contributed by atoms with Gasteiger partial charge < -0.3 is 5.32 Å². The summed E-state index contributed by atoms with van der Waals surface area (Å²) < 4.78 is 13.0. The molecule has 0 fully saturated rings. The first-order valence-corrected chi connectivity index (χ1v) is 9.67. The highest BCUT2D eigenvalue weighted by atomic mass is 32.1. The van der Waals surface area contributed by atoms with Crippen LogP contribution in [0.2, 0.25) is 0 Å². The molecule has 0 bridgehead atoms. The lowest BCUT2D eigenvalue weighted by Crippen LogP contribution is -2.11. The standard InChI is InChI=1S/C23H17FN2OS/c1-15-4-2-3-5-20(15)23-26-21(14-28-23)16-8-12-19(13-9-16)25-22(27)17-6-10-18(24)11-7-17/h2-14H,1H3,(H,25,27). The summed E-state index contributed by atoms with van der Waals surface area (Å²) in [6, 6.07) is 21.2. The van der Waals surface area contributed by atoms with Crippen molar-refractivity contribution in [3.8, 4) is 21.8 Å². The lowest BCUT2D eigenvalue weighted by atomic mass is 10.1. The van der Waals surface area contributed by atoms with Crippen LogP contribution in [0.4, 0.5) is 10.1 Å². The van der Waals surface area contributed by atoms with Gasteiger partial charge in [0.15, 0.2) is 0 Å². The first kappa shape index (κ1) is 18.1. The van der Waals surface area contributed by atoms with Gasteiger partial charge >= 0.3 is 0 Å². The smallest absolute Gasteiger partial charge is 0.255 e. The van der Waals surface area contributed by atoms with E-state index >= 15 is 0 Å². The molecule has 0 saturated carbocycles. The monoisotopic (exact) mass is 388 g/mol.